The molecule has 0 radical (unpaired) electrons. The molecule has 0 spiro atoms. The summed E-state index contributed by atoms with van der Waals surface area (Å²) in [6.07, 6.45) is 2.57. The highest BCUT2D eigenvalue weighted by molar-refractivity contribution is 6.00. The molecule has 0 atom stereocenters. The third kappa shape index (κ3) is 1.22. The zero-order chi connectivity index (χ0) is 11.3. The van der Waals surface area contributed by atoms with E-state index in [0.29, 0.717) is 6.42 Å². The highest BCUT2D eigenvalue weighted by Crippen LogP contribution is 2.45. The first kappa shape index (κ1) is 9.88. The molecule has 1 aliphatic carbocycles. The second-order valence-corrected chi connectivity index (χ2v) is 5.38. The monoisotopic (exact) mass is 216 g/mol. The largest absolute Gasteiger partial charge is 0.493 e. The summed E-state index contributed by atoms with van der Waals surface area (Å²) in [6.45, 7) is 5.18. The maximum atomic E-state index is 11.9. The molecule has 2 heteroatoms. The third-order valence-electron chi connectivity index (χ3n) is 3.81. The van der Waals surface area contributed by atoms with Crippen molar-refractivity contribution in [3.05, 3.63) is 28.8 Å². The first-order valence-corrected chi connectivity index (χ1v) is 5.92. The standard InChI is InChI=1S/C14H16O2/c1-14(2)7-5-11(15)10-4-3-9-6-8-16-13(9)12(10)14/h3-4H,5-8H2,1-2H3. The number of hydrogen-bond donors (Lipinski definition) is 0. The van der Waals surface area contributed by atoms with Gasteiger partial charge in [0.05, 0.1) is 6.61 Å². The lowest BCUT2D eigenvalue weighted by Crippen LogP contribution is -2.28. The Morgan fingerprint density at radius 2 is 2.06 bits per heavy atom. The van der Waals surface area contributed by atoms with Crippen molar-refractivity contribution >= 4 is 5.78 Å². The molecule has 84 valence electrons. The number of fused-ring (bicyclic) bond motifs is 3. The number of hydrogen-bond acceptors (Lipinski definition) is 2. The molecule has 2 nitrogen and oxygen atoms in total. The lowest BCUT2D eigenvalue weighted by atomic mass is 9.71. The minimum Gasteiger partial charge on any atom is -0.493 e. The van der Waals surface area contributed by atoms with Gasteiger partial charge in [0.1, 0.15) is 5.75 Å². The van der Waals surface area contributed by atoms with Crippen molar-refractivity contribution in [3.63, 3.8) is 0 Å². The second-order valence-electron chi connectivity index (χ2n) is 5.38. The minimum atomic E-state index is 0.0684. The Balaban J connectivity index is 2.29. The summed E-state index contributed by atoms with van der Waals surface area (Å²) in [5, 5.41) is 0. The van der Waals surface area contributed by atoms with E-state index in [1.54, 1.807) is 0 Å². The van der Waals surface area contributed by atoms with Gasteiger partial charge >= 0.3 is 0 Å². The Kier molecular flexibility index (Phi) is 1.91. The van der Waals surface area contributed by atoms with Crippen molar-refractivity contribution in [2.75, 3.05) is 6.61 Å². The normalized spacial score (nSPS) is 21.2. The van der Waals surface area contributed by atoms with Crippen molar-refractivity contribution in [2.45, 2.75) is 38.5 Å². The van der Waals surface area contributed by atoms with Gasteiger partial charge in [0.2, 0.25) is 0 Å². The average molecular weight is 216 g/mol. The first-order valence-electron chi connectivity index (χ1n) is 5.92. The van der Waals surface area contributed by atoms with Crippen molar-refractivity contribution < 1.29 is 9.53 Å². The van der Waals surface area contributed by atoms with E-state index in [0.717, 1.165) is 36.3 Å². The van der Waals surface area contributed by atoms with Crippen LogP contribution >= 0.6 is 0 Å². The van der Waals surface area contributed by atoms with E-state index in [1.807, 2.05) is 6.07 Å². The molecule has 0 saturated heterocycles. The molecule has 1 aromatic carbocycles. The molecule has 0 amide bonds. The summed E-state index contributed by atoms with van der Waals surface area (Å²) in [7, 11) is 0. The van der Waals surface area contributed by atoms with Gasteiger partial charge in [-0.3, -0.25) is 4.79 Å². The lowest BCUT2D eigenvalue weighted by molar-refractivity contribution is 0.0955. The van der Waals surface area contributed by atoms with Crippen LogP contribution in [-0.2, 0) is 11.8 Å². The van der Waals surface area contributed by atoms with Crippen LogP contribution < -0.4 is 4.74 Å². The van der Waals surface area contributed by atoms with E-state index >= 15 is 0 Å². The highest BCUT2D eigenvalue weighted by Gasteiger charge is 2.36. The molecule has 1 aromatic rings. The Hall–Kier alpha value is -1.31. The Bertz CT molecular complexity index is 472. The van der Waals surface area contributed by atoms with E-state index in [9.17, 15) is 4.79 Å². The number of ketones is 1. The van der Waals surface area contributed by atoms with Gasteiger partial charge in [0, 0.05) is 24.0 Å². The maximum Gasteiger partial charge on any atom is 0.163 e. The van der Waals surface area contributed by atoms with Crippen LogP contribution in [0.25, 0.3) is 0 Å². The van der Waals surface area contributed by atoms with Gasteiger partial charge in [-0.1, -0.05) is 26.0 Å². The predicted octanol–water partition coefficient (Wildman–Crippen LogP) is 2.88. The van der Waals surface area contributed by atoms with Crippen LogP contribution in [0.5, 0.6) is 5.75 Å². The molecule has 0 fully saturated rings. The van der Waals surface area contributed by atoms with Crippen LogP contribution in [0.3, 0.4) is 0 Å². The van der Waals surface area contributed by atoms with Crippen LogP contribution in [0.2, 0.25) is 0 Å². The summed E-state index contributed by atoms with van der Waals surface area (Å²) in [4.78, 5) is 11.9. The van der Waals surface area contributed by atoms with Crippen LogP contribution in [0.4, 0.5) is 0 Å². The fourth-order valence-corrected chi connectivity index (χ4v) is 2.84. The molecule has 16 heavy (non-hydrogen) atoms. The Morgan fingerprint density at radius 3 is 2.88 bits per heavy atom. The Labute approximate surface area is 95.6 Å². The van der Waals surface area contributed by atoms with Gasteiger partial charge in [-0.05, 0) is 17.4 Å². The van der Waals surface area contributed by atoms with Gasteiger partial charge in [-0.2, -0.15) is 0 Å². The highest BCUT2D eigenvalue weighted by atomic mass is 16.5. The van der Waals surface area contributed by atoms with Crippen LogP contribution in [0.1, 0.15) is 48.2 Å². The Morgan fingerprint density at radius 1 is 1.25 bits per heavy atom. The van der Waals surface area contributed by atoms with E-state index in [4.69, 9.17) is 4.74 Å². The molecule has 3 rings (SSSR count). The zero-order valence-electron chi connectivity index (χ0n) is 9.80. The topological polar surface area (TPSA) is 26.3 Å². The fraction of sp³-hybridized carbons (Fsp3) is 0.500. The molecule has 1 heterocycles. The lowest BCUT2D eigenvalue weighted by Gasteiger charge is -2.33. The van der Waals surface area contributed by atoms with Crippen LogP contribution in [0.15, 0.2) is 12.1 Å². The number of Topliss-reactive ketones (excluding diaryl/α,β-unsaturated/α-hetero) is 1. The smallest absolute Gasteiger partial charge is 0.163 e. The number of ether oxygens (including phenoxy) is 1. The van der Waals surface area contributed by atoms with Crippen LogP contribution in [0, 0.1) is 0 Å². The van der Waals surface area contributed by atoms with E-state index < -0.39 is 0 Å². The molecule has 0 N–H and O–H groups in total. The molecule has 0 bridgehead atoms. The molecule has 0 saturated carbocycles. The zero-order valence-corrected chi connectivity index (χ0v) is 9.80. The van der Waals surface area contributed by atoms with Gasteiger partial charge in [-0.25, -0.2) is 0 Å². The van der Waals surface area contributed by atoms with E-state index in [-0.39, 0.29) is 11.2 Å². The van der Waals surface area contributed by atoms with Crippen LogP contribution in [-0.4, -0.2) is 12.4 Å². The maximum absolute atomic E-state index is 11.9. The van der Waals surface area contributed by atoms with Gasteiger partial charge in [0.25, 0.3) is 0 Å². The first-order chi connectivity index (χ1) is 7.59. The number of benzene rings is 1. The fourth-order valence-electron chi connectivity index (χ4n) is 2.84. The van der Waals surface area contributed by atoms with E-state index in [1.165, 1.54) is 5.56 Å². The molecule has 2 aliphatic rings. The molecular formula is C14H16O2. The summed E-state index contributed by atoms with van der Waals surface area (Å²) >= 11 is 0. The van der Waals surface area contributed by atoms with Crippen molar-refractivity contribution in [1.29, 1.82) is 0 Å². The van der Waals surface area contributed by atoms with Gasteiger partial charge in [0.15, 0.2) is 5.78 Å². The van der Waals surface area contributed by atoms with Crippen molar-refractivity contribution in [1.82, 2.24) is 0 Å². The van der Waals surface area contributed by atoms with Crippen molar-refractivity contribution in [3.8, 4) is 5.75 Å². The van der Waals surface area contributed by atoms with Gasteiger partial charge < -0.3 is 4.74 Å². The molecular weight excluding hydrogens is 200 g/mol. The number of rotatable bonds is 0. The third-order valence-corrected chi connectivity index (χ3v) is 3.81. The summed E-state index contributed by atoms with van der Waals surface area (Å²) in [6, 6.07) is 4.05. The second kappa shape index (κ2) is 3.09. The quantitative estimate of drug-likeness (QED) is 0.666. The predicted molar refractivity (Wildman–Crippen MR) is 62.2 cm³/mol. The summed E-state index contributed by atoms with van der Waals surface area (Å²) in [5.74, 6) is 1.27. The minimum absolute atomic E-state index is 0.0684. The van der Waals surface area contributed by atoms with Gasteiger partial charge in [-0.15, -0.1) is 0 Å². The average Bonchev–Trinajstić information content (AvgIpc) is 2.70. The summed E-state index contributed by atoms with van der Waals surface area (Å²) < 4.78 is 5.73. The number of carbonyl (C=O) groups excluding carboxylic acids is 1. The van der Waals surface area contributed by atoms with Crippen molar-refractivity contribution in [2.24, 2.45) is 0 Å². The van der Waals surface area contributed by atoms with E-state index in [2.05, 4.69) is 19.9 Å². The SMILES string of the molecule is CC1(C)CCC(=O)c2ccc3c(c21)OCC3. The molecule has 0 unspecified atom stereocenters. The molecule has 1 aliphatic heterocycles. The molecule has 0 aromatic heterocycles. The summed E-state index contributed by atoms with van der Waals surface area (Å²) in [5.41, 5.74) is 3.37. The number of carbonyl (C=O) groups is 1.